The number of ether oxygens (including phenoxy) is 2. The van der Waals surface area contributed by atoms with Gasteiger partial charge in [-0.2, -0.15) is 0 Å². The summed E-state index contributed by atoms with van der Waals surface area (Å²) in [5, 5.41) is 11.5. The summed E-state index contributed by atoms with van der Waals surface area (Å²) < 4.78 is 12.5. The minimum absolute atomic E-state index is 0.237. The van der Waals surface area contributed by atoms with E-state index >= 15 is 0 Å². The Morgan fingerprint density at radius 1 is 1.00 bits per heavy atom. The van der Waals surface area contributed by atoms with Gasteiger partial charge in [0.2, 0.25) is 5.82 Å². The van der Waals surface area contributed by atoms with E-state index in [1.807, 2.05) is 41.0 Å². The molecule has 1 amide bonds. The van der Waals surface area contributed by atoms with Crippen LogP contribution in [0.4, 0.5) is 5.69 Å². The zero-order valence-corrected chi connectivity index (χ0v) is 18.3. The lowest BCUT2D eigenvalue weighted by molar-refractivity contribution is 0.100. The van der Waals surface area contributed by atoms with Crippen molar-refractivity contribution in [3.8, 4) is 11.5 Å². The predicted molar refractivity (Wildman–Crippen MR) is 120 cm³/mol. The number of fused-ring (bicyclic) bond motifs is 2. The van der Waals surface area contributed by atoms with E-state index in [0.717, 1.165) is 49.9 Å². The van der Waals surface area contributed by atoms with E-state index < -0.39 is 0 Å². The minimum Gasteiger partial charge on any atom is -0.497 e. The number of benzene rings is 2. The summed E-state index contributed by atoms with van der Waals surface area (Å²) in [6, 6.07) is 15.5. The second-order valence-corrected chi connectivity index (χ2v) is 8.50. The van der Waals surface area contributed by atoms with Gasteiger partial charge in [-0.05, 0) is 53.8 Å². The smallest absolute Gasteiger partial charge is 0.293 e. The molecule has 2 aromatic carbocycles. The fourth-order valence-corrected chi connectivity index (χ4v) is 4.81. The molecule has 8 heteroatoms. The van der Waals surface area contributed by atoms with Crippen LogP contribution in [0.3, 0.4) is 0 Å². The van der Waals surface area contributed by atoms with E-state index in [1.165, 1.54) is 5.56 Å². The average molecular weight is 434 g/mol. The summed E-state index contributed by atoms with van der Waals surface area (Å²) in [7, 11) is 3.31. The van der Waals surface area contributed by atoms with Crippen molar-refractivity contribution in [2.24, 2.45) is 11.8 Å². The molecule has 0 saturated carbocycles. The van der Waals surface area contributed by atoms with Gasteiger partial charge in [-0.1, -0.05) is 12.1 Å². The highest BCUT2D eigenvalue weighted by Gasteiger charge is 2.39. The third kappa shape index (κ3) is 4.05. The number of amides is 1. The van der Waals surface area contributed by atoms with Crippen molar-refractivity contribution in [3.63, 3.8) is 0 Å². The monoisotopic (exact) mass is 433 g/mol. The van der Waals surface area contributed by atoms with E-state index in [2.05, 4.69) is 32.5 Å². The van der Waals surface area contributed by atoms with Gasteiger partial charge in [0, 0.05) is 38.3 Å². The second kappa shape index (κ2) is 8.63. The van der Waals surface area contributed by atoms with Gasteiger partial charge in [-0.15, -0.1) is 10.2 Å². The zero-order chi connectivity index (χ0) is 22.1. The van der Waals surface area contributed by atoms with E-state index in [1.54, 1.807) is 14.2 Å². The van der Waals surface area contributed by atoms with Gasteiger partial charge in [-0.25, -0.2) is 0 Å². The molecule has 1 saturated heterocycles. The number of nitrogens with zero attached hydrogens (tertiary/aromatic N) is 4. The largest absolute Gasteiger partial charge is 0.497 e. The first kappa shape index (κ1) is 20.5. The lowest BCUT2D eigenvalue weighted by atomic mass is 9.89. The number of hydrogen-bond acceptors (Lipinski definition) is 6. The first-order valence-corrected chi connectivity index (χ1v) is 10.9. The number of carbonyl (C=O) groups excluding carboxylic acids is 1. The number of carbonyl (C=O) groups is 1. The molecule has 5 rings (SSSR count). The molecule has 2 atom stereocenters. The van der Waals surface area contributed by atoms with Crippen molar-refractivity contribution in [2.75, 3.05) is 32.6 Å². The molecule has 166 valence electrons. The maximum Gasteiger partial charge on any atom is 0.293 e. The number of anilines is 1. The van der Waals surface area contributed by atoms with Crippen molar-refractivity contribution in [1.29, 1.82) is 0 Å². The van der Waals surface area contributed by atoms with Crippen LogP contribution in [0.2, 0.25) is 0 Å². The van der Waals surface area contributed by atoms with Gasteiger partial charge in [0.1, 0.15) is 17.3 Å². The Bertz CT molecular complexity index is 1110. The second-order valence-electron chi connectivity index (χ2n) is 8.50. The number of hydrogen-bond donors (Lipinski definition) is 1. The van der Waals surface area contributed by atoms with Gasteiger partial charge in [0.05, 0.1) is 14.2 Å². The van der Waals surface area contributed by atoms with Crippen LogP contribution >= 0.6 is 0 Å². The molecule has 0 unspecified atom stereocenters. The first-order valence-electron chi connectivity index (χ1n) is 10.9. The molecular weight excluding hydrogens is 406 g/mol. The molecule has 32 heavy (non-hydrogen) atoms. The molecule has 3 heterocycles. The van der Waals surface area contributed by atoms with Crippen LogP contribution in [0.15, 0.2) is 48.5 Å². The number of aromatic nitrogens is 3. The van der Waals surface area contributed by atoms with E-state index in [0.29, 0.717) is 23.3 Å². The molecule has 8 nitrogen and oxygen atoms in total. The normalized spacial score (nSPS) is 19.8. The van der Waals surface area contributed by atoms with Crippen molar-refractivity contribution in [3.05, 3.63) is 65.7 Å². The zero-order valence-electron chi connectivity index (χ0n) is 18.3. The van der Waals surface area contributed by atoms with Gasteiger partial charge in [0.25, 0.3) is 5.91 Å². The van der Waals surface area contributed by atoms with Crippen LogP contribution in [0.5, 0.6) is 11.5 Å². The molecule has 0 aliphatic carbocycles. The fourth-order valence-electron chi connectivity index (χ4n) is 4.81. The van der Waals surface area contributed by atoms with Crippen LogP contribution in [0.25, 0.3) is 0 Å². The summed E-state index contributed by atoms with van der Waals surface area (Å²) in [6.07, 6.45) is 0.849. The Morgan fingerprint density at radius 2 is 1.78 bits per heavy atom. The van der Waals surface area contributed by atoms with Crippen LogP contribution in [-0.4, -0.2) is 52.9 Å². The topological polar surface area (TPSA) is 81.5 Å². The molecule has 1 aromatic heterocycles. The van der Waals surface area contributed by atoms with E-state index in [-0.39, 0.29) is 5.91 Å². The highest BCUT2D eigenvalue weighted by molar-refractivity contribution is 6.01. The first-order chi connectivity index (χ1) is 15.6. The SMILES string of the molecule is COc1ccc(NC(=O)c2nnc3n2C[C@@H]2CN(Cc4cccc(OC)c4)C[C@@H]2C3)cc1. The van der Waals surface area contributed by atoms with Gasteiger partial charge in [-0.3, -0.25) is 9.69 Å². The van der Waals surface area contributed by atoms with Crippen molar-refractivity contribution < 1.29 is 14.3 Å². The Kier molecular flexibility index (Phi) is 5.53. The standard InChI is InChI=1S/C24H27N5O3/c1-31-20-8-6-19(7-9-20)25-24(30)23-27-26-22-11-17-13-28(14-18(17)15-29(22)23)12-16-4-3-5-21(10-16)32-2/h3-10,17-18H,11-15H2,1-2H3,(H,25,30)/t17-,18-/m0/s1. The molecule has 1 N–H and O–H groups in total. The molecule has 2 aliphatic heterocycles. The van der Waals surface area contributed by atoms with Gasteiger partial charge in [0.15, 0.2) is 0 Å². The highest BCUT2D eigenvalue weighted by Crippen LogP contribution is 2.33. The molecular formula is C24H27N5O3. The molecule has 1 fully saturated rings. The van der Waals surface area contributed by atoms with Crippen molar-refractivity contribution >= 4 is 11.6 Å². The number of likely N-dealkylation sites (tertiary alicyclic amines) is 1. The summed E-state index contributed by atoms with van der Waals surface area (Å²) in [5.41, 5.74) is 1.95. The summed E-state index contributed by atoms with van der Waals surface area (Å²) in [6.45, 7) is 3.70. The molecule has 0 spiro atoms. The van der Waals surface area contributed by atoms with Gasteiger partial charge < -0.3 is 19.4 Å². The van der Waals surface area contributed by atoms with E-state index in [4.69, 9.17) is 9.47 Å². The Morgan fingerprint density at radius 3 is 2.56 bits per heavy atom. The molecule has 2 aliphatic rings. The van der Waals surface area contributed by atoms with Gasteiger partial charge >= 0.3 is 0 Å². The fraction of sp³-hybridized carbons (Fsp3) is 0.375. The predicted octanol–water partition coefficient (Wildman–Crippen LogP) is 2.85. The summed E-state index contributed by atoms with van der Waals surface area (Å²) in [4.78, 5) is 15.4. The Balaban J connectivity index is 1.25. The molecule has 0 radical (unpaired) electrons. The van der Waals surface area contributed by atoms with Crippen LogP contribution in [0, 0.1) is 11.8 Å². The summed E-state index contributed by atoms with van der Waals surface area (Å²) >= 11 is 0. The third-order valence-electron chi connectivity index (χ3n) is 6.43. The Hall–Kier alpha value is -3.39. The Labute approximate surface area is 187 Å². The number of nitrogens with one attached hydrogen (secondary N) is 1. The van der Waals surface area contributed by atoms with Crippen molar-refractivity contribution in [2.45, 2.75) is 19.5 Å². The maximum absolute atomic E-state index is 12.9. The summed E-state index contributed by atoms with van der Waals surface area (Å²) in [5.74, 6) is 3.69. The third-order valence-corrected chi connectivity index (χ3v) is 6.43. The minimum atomic E-state index is -0.237. The van der Waals surface area contributed by atoms with Crippen LogP contribution < -0.4 is 14.8 Å². The maximum atomic E-state index is 12.9. The highest BCUT2D eigenvalue weighted by atomic mass is 16.5. The van der Waals surface area contributed by atoms with E-state index in [9.17, 15) is 4.79 Å². The van der Waals surface area contributed by atoms with Crippen LogP contribution in [-0.2, 0) is 19.5 Å². The lowest BCUT2D eigenvalue weighted by Gasteiger charge is -2.25. The molecule has 3 aromatic rings. The molecule has 0 bridgehead atoms. The van der Waals surface area contributed by atoms with Crippen molar-refractivity contribution in [1.82, 2.24) is 19.7 Å². The lowest BCUT2D eigenvalue weighted by Crippen LogP contribution is -2.31. The quantitative estimate of drug-likeness (QED) is 0.644. The number of rotatable bonds is 6. The number of methoxy groups -OCH3 is 2. The van der Waals surface area contributed by atoms with Crippen LogP contribution in [0.1, 0.15) is 22.0 Å². The average Bonchev–Trinajstić information content (AvgIpc) is 3.40.